The van der Waals surface area contributed by atoms with Crippen molar-refractivity contribution in [2.75, 3.05) is 13.7 Å². The van der Waals surface area contributed by atoms with Crippen LogP contribution in [-0.2, 0) is 0 Å². The Morgan fingerprint density at radius 1 is 1.27 bits per heavy atom. The molecular formula is C14H15F4NO2S. The summed E-state index contributed by atoms with van der Waals surface area (Å²) in [5.74, 6) is -0.461. The second-order valence-corrected chi connectivity index (χ2v) is 5.22. The van der Waals surface area contributed by atoms with Gasteiger partial charge in [-0.2, -0.15) is 8.78 Å². The van der Waals surface area contributed by atoms with E-state index in [9.17, 15) is 17.6 Å². The van der Waals surface area contributed by atoms with Gasteiger partial charge in [0.15, 0.2) is 0 Å². The van der Waals surface area contributed by atoms with Crippen LogP contribution >= 0.6 is 12.2 Å². The van der Waals surface area contributed by atoms with Crippen molar-refractivity contribution < 1.29 is 27.0 Å². The van der Waals surface area contributed by atoms with E-state index in [-0.39, 0.29) is 11.8 Å². The normalized spacial score (nSPS) is 18.0. The van der Waals surface area contributed by atoms with Crippen LogP contribution in [0.4, 0.5) is 17.6 Å². The molecule has 1 unspecified atom stereocenters. The van der Waals surface area contributed by atoms with E-state index in [0.717, 1.165) is 31.5 Å². The van der Waals surface area contributed by atoms with Gasteiger partial charge in [0.2, 0.25) is 0 Å². The minimum atomic E-state index is -3.20. The number of halogens is 4. The minimum Gasteiger partial charge on any atom is -0.496 e. The van der Waals surface area contributed by atoms with Crippen LogP contribution in [-0.4, -0.2) is 31.2 Å². The predicted molar refractivity (Wildman–Crippen MR) is 77.3 cm³/mol. The Balaban J connectivity index is 2.44. The molecule has 1 aromatic rings. The zero-order valence-corrected chi connectivity index (χ0v) is 12.6. The molecule has 3 nitrogen and oxygen atoms in total. The topological polar surface area (TPSA) is 30.5 Å². The Labute approximate surface area is 130 Å². The quantitative estimate of drug-likeness (QED) is 0.487. The van der Waals surface area contributed by atoms with Gasteiger partial charge in [-0.05, 0) is 31.5 Å². The van der Waals surface area contributed by atoms with Crippen molar-refractivity contribution in [2.24, 2.45) is 0 Å². The number of alkyl halides is 4. The molecule has 8 heteroatoms. The first-order valence-electron chi connectivity index (χ1n) is 6.66. The molecule has 1 fully saturated rings. The Hall–Kier alpha value is -1.41. The van der Waals surface area contributed by atoms with Crippen LogP contribution in [0.25, 0.3) is 0 Å². The second kappa shape index (κ2) is 7.23. The number of rotatable bonds is 6. The molecule has 1 atom stereocenters. The van der Waals surface area contributed by atoms with Crippen LogP contribution in [0, 0.1) is 0 Å². The Morgan fingerprint density at radius 3 is 2.50 bits per heavy atom. The molecule has 1 aliphatic heterocycles. The van der Waals surface area contributed by atoms with Gasteiger partial charge in [-0.25, -0.2) is 8.78 Å². The molecule has 0 amide bonds. The highest BCUT2D eigenvalue weighted by molar-refractivity contribution is 7.81. The summed E-state index contributed by atoms with van der Waals surface area (Å²) < 4.78 is 60.2. The van der Waals surface area contributed by atoms with E-state index in [2.05, 4.69) is 10.1 Å². The van der Waals surface area contributed by atoms with Gasteiger partial charge in [0.05, 0.1) is 12.7 Å². The van der Waals surface area contributed by atoms with Gasteiger partial charge in [-0.15, -0.1) is 0 Å². The van der Waals surface area contributed by atoms with Gasteiger partial charge < -0.3 is 14.8 Å². The lowest BCUT2D eigenvalue weighted by molar-refractivity contribution is -0.0520. The summed E-state index contributed by atoms with van der Waals surface area (Å²) in [4.78, 5) is 0.439. The highest BCUT2D eigenvalue weighted by atomic mass is 32.1. The van der Waals surface area contributed by atoms with Gasteiger partial charge in [-0.1, -0.05) is 12.2 Å². The van der Waals surface area contributed by atoms with Gasteiger partial charge in [0, 0.05) is 16.5 Å². The second-order valence-electron chi connectivity index (χ2n) is 4.78. The van der Waals surface area contributed by atoms with Crippen LogP contribution < -0.4 is 14.8 Å². The Morgan fingerprint density at radius 2 is 2.00 bits per heavy atom. The molecule has 122 valence electrons. The summed E-state index contributed by atoms with van der Waals surface area (Å²) in [6, 6.07) is 1.99. The molecule has 0 aromatic heterocycles. The van der Waals surface area contributed by atoms with Crippen molar-refractivity contribution >= 4 is 17.1 Å². The minimum absolute atomic E-state index is 0.110. The maximum absolute atomic E-state index is 13.0. The highest BCUT2D eigenvalue weighted by Gasteiger charge is 2.26. The molecule has 2 rings (SSSR count). The fourth-order valence-corrected chi connectivity index (χ4v) is 2.76. The van der Waals surface area contributed by atoms with Crippen molar-refractivity contribution in [2.45, 2.75) is 31.9 Å². The lowest BCUT2D eigenvalue weighted by Crippen LogP contribution is -2.30. The Bertz CT molecular complexity index is 548. The maximum Gasteiger partial charge on any atom is 0.387 e. The predicted octanol–water partition coefficient (Wildman–Crippen LogP) is 3.70. The fraction of sp³-hybridized carbons (Fsp3) is 0.500. The van der Waals surface area contributed by atoms with Gasteiger partial charge in [-0.3, -0.25) is 0 Å². The number of hydrogen-bond donors (Lipinski definition) is 1. The van der Waals surface area contributed by atoms with Gasteiger partial charge >= 0.3 is 6.61 Å². The molecule has 1 N–H and O–H groups in total. The van der Waals surface area contributed by atoms with Crippen LogP contribution in [0.2, 0.25) is 0 Å². The van der Waals surface area contributed by atoms with E-state index in [1.807, 2.05) is 0 Å². The fourth-order valence-electron chi connectivity index (χ4n) is 2.40. The van der Waals surface area contributed by atoms with Gasteiger partial charge in [0.1, 0.15) is 11.5 Å². The third-order valence-electron chi connectivity index (χ3n) is 3.43. The molecule has 0 radical (unpaired) electrons. The number of methoxy groups -OCH3 is 1. The molecule has 22 heavy (non-hydrogen) atoms. The summed E-state index contributed by atoms with van der Waals surface area (Å²) >= 11 is 5.34. The van der Waals surface area contributed by atoms with Crippen molar-refractivity contribution in [3.8, 4) is 11.5 Å². The first-order chi connectivity index (χ1) is 10.4. The van der Waals surface area contributed by atoms with E-state index >= 15 is 0 Å². The summed E-state index contributed by atoms with van der Waals surface area (Å²) in [5.41, 5.74) is -0.333. The van der Waals surface area contributed by atoms with Crippen LogP contribution in [0.3, 0.4) is 0 Å². The summed E-state index contributed by atoms with van der Waals surface area (Å²) in [6.07, 6.45) is -1.23. The number of nitrogens with one attached hydrogen (secondary N) is 1. The molecule has 0 aliphatic carbocycles. The van der Waals surface area contributed by atoms with Crippen LogP contribution in [0.5, 0.6) is 11.5 Å². The van der Waals surface area contributed by atoms with Crippen LogP contribution in [0.1, 0.15) is 30.4 Å². The highest BCUT2D eigenvalue weighted by Crippen LogP contribution is 2.37. The number of thiocarbonyl (C=S) groups is 1. The Kier molecular flexibility index (Phi) is 5.57. The monoisotopic (exact) mass is 337 g/mol. The number of benzene rings is 1. The zero-order chi connectivity index (χ0) is 16.3. The number of ether oxygens (including phenoxy) is 2. The first-order valence-corrected chi connectivity index (χ1v) is 7.07. The molecule has 1 aromatic carbocycles. The molecule has 1 saturated heterocycles. The van der Waals surface area contributed by atoms with E-state index in [1.54, 1.807) is 0 Å². The van der Waals surface area contributed by atoms with Crippen molar-refractivity contribution in [3.63, 3.8) is 0 Å². The standard InChI is InChI=1S/C14H15F4NO2S/c1-20-10-6-8(13(15)16)11(21-14(17)18)5-7(10)12(22)9-3-2-4-19-9/h5-6,9,13-14,19H,2-4H2,1H3. The first kappa shape index (κ1) is 17.0. The summed E-state index contributed by atoms with van der Waals surface area (Å²) in [5, 5.41) is 3.17. The molecule has 1 aliphatic rings. The molecule has 1 heterocycles. The zero-order valence-electron chi connectivity index (χ0n) is 11.7. The van der Waals surface area contributed by atoms with Crippen molar-refractivity contribution in [3.05, 3.63) is 23.3 Å². The van der Waals surface area contributed by atoms with Crippen LogP contribution in [0.15, 0.2) is 12.1 Å². The van der Waals surface area contributed by atoms with E-state index in [4.69, 9.17) is 17.0 Å². The van der Waals surface area contributed by atoms with E-state index in [1.165, 1.54) is 7.11 Å². The van der Waals surface area contributed by atoms with Gasteiger partial charge in [0.25, 0.3) is 6.43 Å². The molecular weight excluding hydrogens is 322 g/mol. The average molecular weight is 337 g/mol. The molecule has 0 spiro atoms. The third kappa shape index (κ3) is 3.67. The van der Waals surface area contributed by atoms with Crippen molar-refractivity contribution in [1.29, 1.82) is 0 Å². The third-order valence-corrected chi connectivity index (χ3v) is 3.93. The largest absolute Gasteiger partial charge is 0.496 e. The lowest BCUT2D eigenvalue weighted by Gasteiger charge is -2.19. The maximum atomic E-state index is 13.0. The van der Waals surface area contributed by atoms with E-state index < -0.39 is 24.3 Å². The SMILES string of the molecule is COc1cc(C(F)F)c(OC(F)F)cc1C(=S)C1CCCN1. The lowest BCUT2D eigenvalue weighted by atomic mass is 10.0. The summed E-state index contributed by atoms with van der Waals surface area (Å²) in [6.45, 7) is -2.40. The van der Waals surface area contributed by atoms with E-state index in [0.29, 0.717) is 10.4 Å². The smallest absolute Gasteiger partial charge is 0.387 e. The average Bonchev–Trinajstić information content (AvgIpc) is 2.99. The molecule has 0 saturated carbocycles. The summed E-state index contributed by atoms with van der Waals surface area (Å²) in [7, 11) is 1.31. The molecule has 0 bridgehead atoms. The van der Waals surface area contributed by atoms with Crippen molar-refractivity contribution in [1.82, 2.24) is 5.32 Å². The number of hydrogen-bond acceptors (Lipinski definition) is 4.